The molecule has 0 aromatic heterocycles. The van der Waals surface area contributed by atoms with E-state index in [2.05, 4.69) is 43.3 Å². The second kappa shape index (κ2) is 8.95. The fraction of sp³-hybridized carbons (Fsp3) is 0.269. The lowest BCUT2D eigenvalue weighted by atomic mass is 10.0. The summed E-state index contributed by atoms with van der Waals surface area (Å²) in [4.78, 5) is 15.5. The summed E-state index contributed by atoms with van der Waals surface area (Å²) in [6.07, 6.45) is 2.76. The third-order valence-corrected chi connectivity index (χ3v) is 5.62. The predicted octanol–water partition coefficient (Wildman–Crippen LogP) is 5.29. The Bertz CT molecular complexity index is 953. The molecule has 0 saturated heterocycles. The SMILES string of the molecule is C[C@@H](CCc1ccccc1)N(Cc1ccccc1)C(=O)c1ccc2c(c1)CCO2. The van der Waals surface area contributed by atoms with Crippen molar-refractivity contribution in [3.63, 3.8) is 0 Å². The molecule has 3 nitrogen and oxygen atoms in total. The molecule has 1 heterocycles. The van der Waals surface area contributed by atoms with E-state index in [1.807, 2.05) is 47.4 Å². The zero-order valence-corrected chi connectivity index (χ0v) is 16.9. The van der Waals surface area contributed by atoms with Crippen LogP contribution < -0.4 is 4.74 Å². The predicted molar refractivity (Wildman–Crippen MR) is 116 cm³/mol. The molecule has 1 amide bonds. The molecule has 0 fully saturated rings. The number of nitrogens with zero attached hydrogens (tertiary/aromatic N) is 1. The van der Waals surface area contributed by atoms with Gasteiger partial charge in [0.25, 0.3) is 5.91 Å². The fourth-order valence-corrected chi connectivity index (χ4v) is 3.87. The van der Waals surface area contributed by atoms with Crippen molar-refractivity contribution < 1.29 is 9.53 Å². The molecule has 0 saturated carbocycles. The normalized spacial score (nSPS) is 13.4. The van der Waals surface area contributed by atoms with Gasteiger partial charge in [-0.15, -0.1) is 0 Å². The summed E-state index contributed by atoms with van der Waals surface area (Å²) in [6, 6.07) is 26.7. The van der Waals surface area contributed by atoms with Gasteiger partial charge in [-0.2, -0.15) is 0 Å². The summed E-state index contributed by atoms with van der Waals surface area (Å²) in [5.41, 5.74) is 4.34. The second-order valence-corrected chi connectivity index (χ2v) is 7.71. The first-order valence-corrected chi connectivity index (χ1v) is 10.4. The highest BCUT2D eigenvalue weighted by molar-refractivity contribution is 5.95. The van der Waals surface area contributed by atoms with Crippen LogP contribution in [0.15, 0.2) is 78.9 Å². The van der Waals surface area contributed by atoms with Crippen molar-refractivity contribution in [3.05, 3.63) is 101 Å². The summed E-state index contributed by atoms with van der Waals surface area (Å²) in [5, 5.41) is 0. The van der Waals surface area contributed by atoms with E-state index in [0.717, 1.165) is 41.7 Å². The van der Waals surface area contributed by atoms with Crippen molar-refractivity contribution in [1.82, 2.24) is 4.90 Å². The van der Waals surface area contributed by atoms with Crippen molar-refractivity contribution in [3.8, 4) is 5.75 Å². The lowest BCUT2D eigenvalue weighted by Crippen LogP contribution is -2.38. The van der Waals surface area contributed by atoms with Gasteiger partial charge < -0.3 is 9.64 Å². The molecule has 0 aliphatic carbocycles. The van der Waals surface area contributed by atoms with E-state index in [0.29, 0.717) is 13.2 Å². The number of carbonyl (C=O) groups excluding carboxylic acids is 1. The first-order valence-electron chi connectivity index (χ1n) is 10.4. The van der Waals surface area contributed by atoms with Crippen molar-refractivity contribution in [2.75, 3.05) is 6.61 Å². The van der Waals surface area contributed by atoms with Gasteiger partial charge in [-0.25, -0.2) is 0 Å². The number of amides is 1. The third-order valence-electron chi connectivity index (χ3n) is 5.62. The summed E-state index contributed by atoms with van der Waals surface area (Å²) in [5.74, 6) is 0.998. The van der Waals surface area contributed by atoms with Crippen LogP contribution in [0.3, 0.4) is 0 Å². The Balaban J connectivity index is 1.54. The molecule has 1 aliphatic rings. The fourth-order valence-electron chi connectivity index (χ4n) is 3.87. The number of ether oxygens (including phenoxy) is 1. The molecule has 1 atom stereocenters. The second-order valence-electron chi connectivity index (χ2n) is 7.71. The molecular formula is C26H27NO2. The molecule has 0 radical (unpaired) electrons. The van der Waals surface area contributed by atoms with Gasteiger partial charge in [-0.1, -0.05) is 60.7 Å². The van der Waals surface area contributed by atoms with Crippen LogP contribution in [0.2, 0.25) is 0 Å². The summed E-state index contributed by atoms with van der Waals surface area (Å²) < 4.78 is 5.60. The molecule has 29 heavy (non-hydrogen) atoms. The van der Waals surface area contributed by atoms with Gasteiger partial charge in [0.05, 0.1) is 6.61 Å². The van der Waals surface area contributed by atoms with E-state index >= 15 is 0 Å². The van der Waals surface area contributed by atoms with E-state index in [9.17, 15) is 4.79 Å². The Morgan fingerprint density at radius 3 is 2.38 bits per heavy atom. The van der Waals surface area contributed by atoms with E-state index in [-0.39, 0.29) is 11.9 Å². The summed E-state index contributed by atoms with van der Waals surface area (Å²) >= 11 is 0. The highest BCUT2D eigenvalue weighted by Crippen LogP contribution is 2.27. The number of fused-ring (bicyclic) bond motifs is 1. The molecule has 0 bridgehead atoms. The van der Waals surface area contributed by atoms with Gasteiger partial charge in [-0.05, 0) is 54.7 Å². The average molecular weight is 386 g/mol. The molecule has 0 N–H and O–H groups in total. The summed E-state index contributed by atoms with van der Waals surface area (Å²) in [6.45, 7) is 3.47. The maximum absolute atomic E-state index is 13.5. The first-order chi connectivity index (χ1) is 14.2. The number of rotatable bonds is 7. The quantitative estimate of drug-likeness (QED) is 0.553. The molecule has 0 spiro atoms. The highest BCUT2D eigenvalue weighted by atomic mass is 16.5. The molecule has 3 aromatic carbocycles. The summed E-state index contributed by atoms with van der Waals surface area (Å²) in [7, 11) is 0. The van der Waals surface area contributed by atoms with Crippen LogP contribution >= 0.6 is 0 Å². The van der Waals surface area contributed by atoms with E-state index in [1.54, 1.807) is 0 Å². The van der Waals surface area contributed by atoms with Crippen LogP contribution in [0, 0.1) is 0 Å². The van der Waals surface area contributed by atoms with E-state index in [4.69, 9.17) is 4.74 Å². The zero-order chi connectivity index (χ0) is 20.1. The third kappa shape index (κ3) is 4.68. The largest absolute Gasteiger partial charge is 0.493 e. The van der Waals surface area contributed by atoms with E-state index < -0.39 is 0 Å². The minimum absolute atomic E-state index is 0.0871. The van der Waals surface area contributed by atoms with Crippen LogP contribution in [-0.4, -0.2) is 23.5 Å². The van der Waals surface area contributed by atoms with Crippen molar-refractivity contribution in [2.45, 2.75) is 38.8 Å². The van der Waals surface area contributed by atoms with Crippen molar-refractivity contribution in [1.29, 1.82) is 0 Å². The molecule has 3 aromatic rings. The highest BCUT2D eigenvalue weighted by Gasteiger charge is 2.23. The van der Waals surface area contributed by atoms with Gasteiger partial charge in [0.1, 0.15) is 5.75 Å². The van der Waals surface area contributed by atoms with Gasteiger partial charge in [0.15, 0.2) is 0 Å². The van der Waals surface area contributed by atoms with Gasteiger partial charge in [0, 0.05) is 24.6 Å². The number of hydrogen-bond acceptors (Lipinski definition) is 2. The molecular weight excluding hydrogens is 358 g/mol. The van der Waals surface area contributed by atoms with Gasteiger partial charge in [-0.3, -0.25) is 4.79 Å². The van der Waals surface area contributed by atoms with Crippen LogP contribution in [0.4, 0.5) is 0 Å². The Kier molecular flexibility index (Phi) is 5.95. The topological polar surface area (TPSA) is 29.5 Å². The molecule has 4 rings (SSSR count). The minimum Gasteiger partial charge on any atom is -0.493 e. The van der Waals surface area contributed by atoms with Crippen LogP contribution in [-0.2, 0) is 19.4 Å². The Labute approximate surface area is 172 Å². The Morgan fingerprint density at radius 1 is 0.966 bits per heavy atom. The van der Waals surface area contributed by atoms with Gasteiger partial charge >= 0.3 is 0 Å². The Hall–Kier alpha value is -3.07. The molecule has 0 unspecified atom stereocenters. The van der Waals surface area contributed by atoms with Crippen LogP contribution in [0.1, 0.15) is 40.4 Å². The van der Waals surface area contributed by atoms with Crippen molar-refractivity contribution in [2.24, 2.45) is 0 Å². The number of carbonyl (C=O) groups is 1. The lowest BCUT2D eigenvalue weighted by Gasteiger charge is -2.30. The lowest BCUT2D eigenvalue weighted by molar-refractivity contribution is 0.0667. The molecule has 1 aliphatic heterocycles. The molecule has 3 heteroatoms. The van der Waals surface area contributed by atoms with E-state index in [1.165, 1.54) is 5.56 Å². The maximum Gasteiger partial charge on any atom is 0.254 e. The smallest absolute Gasteiger partial charge is 0.254 e. The number of benzene rings is 3. The van der Waals surface area contributed by atoms with Crippen LogP contribution in [0.5, 0.6) is 5.75 Å². The molecule has 148 valence electrons. The van der Waals surface area contributed by atoms with Crippen LogP contribution in [0.25, 0.3) is 0 Å². The zero-order valence-electron chi connectivity index (χ0n) is 16.9. The maximum atomic E-state index is 13.5. The standard InChI is InChI=1S/C26H27NO2/c1-20(12-13-21-8-4-2-5-9-21)27(19-22-10-6-3-7-11-22)26(28)24-14-15-25-23(18-24)16-17-29-25/h2-11,14-15,18,20H,12-13,16-17,19H2,1H3/t20-/m0/s1. The first kappa shape index (κ1) is 19.3. The number of hydrogen-bond donors (Lipinski definition) is 0. The van der Waals surface area contributed by atoms with Crippen molar-refractivity contribution >= 4 is 5.91 Å². The minimum atomic E-state index is 0.0871. The number of aryl methyl sites for hydroxylation is 1. The monoisotopic (exact) mass is 385 g/mol. The van der Waals surface area contributed by atoms with Gasteiger partial charge in [0.2, 0.25) is 0 Å². The Morgan fingerprint density at radius 2 is 1.66 bits per heavy atom. The average Bonchev–Trinajstić information content (AvgIpc) is 3.25.